The summed E-state index contributed by atoms with van der Waals surface area (Å²) in [5, 5.41) is 0. The first-order valence-electron chi connectivity index (χ1n) is 6.16. The SMILES string of the molecule is CC(=O)N(CCNS(=O)(=O)c1ccccc1)C(C)C. The lowest BCUT2D eigenvalue weighted by Gasteiger charge is -2.25. The number of carbonyl (C=O) groups excluding carboxylic acids is 1. The highest BCUT2D eigenvalue weighted by Crippen LogP contribution is 2.06. The Bertz CT molecular complexity index is 512. The smallest absolute Gasteiger partial charge is 0.240 e. The first-order valence-corrected chi connectivity index (χ1v) is 7.65. The molecule has 0 fully saturated rings. The van der Waals surface area contributed by atoms with Gasteiger partial charge >= 0.3 is 0 Å². The predicted octanol–water partition coefficient (Wildman–Crippen LogP) is 1.22. The number of sulfonamides is 1. The summed E-state index contributed by atoms with van der Waals surface area (Å²) in [6.07, 6.45) is 0. The van der Waals surface area contributed by atoms with Gasteiger partial charge in [0.2, 0.25) is 15.9 Å². The van der Waals surface area contributed by atoms with E-state index in [1.54, 1.807) is 23.1 Å². The van der Waals surface area contributed by atoms with Crippen molar-refractivity contribution in [1.82, 2.24) is 9.62 Å². The molecule has 6 heteroatoms. The van der Waals surface area contributed by atoms with Gasteiger partial charge in [0.1, 0.15) is 0 Å². The van der Waals surface area contributed by atoms with Gasteiger partial charge in [-0.15, -0.1) is 0 Å². The van der Waals surface area contributed by atoms with Crippen molar-refractivity contribution in [3.63, 3.8) is 0 Å². The molecule has 0 bridgehead atoms. The van der Waals surface area contributed by atoms with Crippen LogP contribution in [-0.2, 0) is 14.8 Å². The van der Waals surface area contributed by atoms with Gasteiger partial charge in [-0.05, 0) is 26.0 Å². The predicted molar refractivity (Wildman–Crippen MR) is 74.2 cm³/mol. The van der Waals surface area contributed by atoms with Crippen LogP contribution in [0.3, 0.4) is 0 Å². The Morgan fingerprint density at radius 1 is 1.26 bits per heavy atom. The molecule has 106 valence electrons. The van der Waals surface area contributed by atoms with Crippen molar-refractivity contribution in [3.05, 3.63) is 30.3 Å². The second-order valence-corrected chi connectivity index (χ2v) is 6.28. The fourth-order valence-electron chi connectivity index (χ4n) is 1.76. The van der Waals surface area contributed by atoms with Gasteiger partial charge in [0.05, 0.1) is 4.90 Å². The lowest BCUT2D eigenvalue weighted by Crippen LogP contribution is -2.41. The third-order valence-corrected chi connectivity index (χ3v) is 4.20. The van der Waals surface area contributed by atoms with Gasteiger partial charge in [-0.2, -0.15) is 0 Å². The lowest BCUT2D eigenvalue weighted by molar-refractivity contribution is -0.130. The minimum absolute atomic E-state index is 0.0544. The molecule has 0 saturated carbocycles. The highest BCUT2D eigenvalue weighted by Gasteiger charge is 2.16. The molecule has 0 aliphatic carbocycles. The molecule has 0 aliphatic heterocycles. The molecule has 0 unspecified atom stereocenters. The highest BCUT2D eigenvalue weighted by molar-refractivity contribution is 7.89. The normalized spacial score (nSPS) is 11.6. The van der Waals surface area contributed by atoms with Crippen LogP contribution in [0.2, 0.25) is 0 Å². The van der Waals surface area contributed by atoms with Crippen LogP contribution in [-0.4, -0.2) is 38.4 Å². The zero-order valence-electron chi connectivity index (χ0n) is 11.5. The van der Waals surface area contributed by atoms with Crippen LogP contribution >= 0.6 is 0 Å². The number of hydrogen-bond donors (Lipinski definition) is 1. The Morgan fingerprint density at radius 3 is 2.32 bits per heavy atom. The molecule has 0 spiro atoms. The molecule has 0 saturated heterocycles. The summed E-state index contributed by atoms with van der Waals surface area (Å²) in [6, 6.07) is 8.23. The van der Waals surface area contributed by atoms with Crippen LogP contribution in [0.5, 0.6) is 0 Å². The first-order chi connectivity index (χ1) is 8.84. The molecule has 0 atom stereocenters. The van der Waals surface area contributed by atoms with E-state index < -0.39 is 10.0 Å². The van der Waals surface area contributed by atoms with Crippen molar-refractivity contribution in [3.8, 4) is 0 Å². The van der Waals surface area contributed by atoms with E-state index in [9.17, 15) is 13.2 Å². The van der Waals surface area contributed by atoms with Crippen molar-refractivity contribution < 1.29 is 13.2 Å². The lowest BCUT2D eigenvalue weighted by atomic mass is 10.3. The minimum Gasteiger partial charge on any atom is -0.339 e. The summed E-state index contributed by atoms with van der Waals surface area (Å²) in [7, 11) is -3.50. The Morgan fingerprint density at radius 2 is 1.84 bits per heavy atom. The van der Waals surface area contributed by atoms with Crippen molar-refractivity contribution in [2.75, 3.05) is 13.1 Å². The summed E-state index contributed by atoms with van der Waals surface area (Å²) in [5.41, 5.74) is 0. The van der Waals surface area contributed by atoms with Gasteiger partial charge in [-0.1, -0.05) is 18.2 Å². The van der Waals surface area contributed by atoms with Crippen molar-refractivity contribution in [1.29, 1.82) is 0 Å². The number of rotatable bonds is 6. The molecule has 0 aliphatic rings. The van der Waals surface area contributed by atoms with Gasteiger partial charge in [-0.25, -0.2) is 13.1 Å². The Hall–Kier alpha value is -1.40. The third-order valence-electron chi connectivity index (χ3n) is 2.73. The van der Waals surface area contributed by atoms with Crippen molar-refractivity contribution in [2.45, 2.75) is 31.7 Å². The number of carbonyl (C=O) groups is 1. The number of nitrogens with one attached hydrogen (secondary N) is 1. The van der Waals surface area contributed by atoms with Gasteiger partial charge in [0.15, 0.2) is 0 Å². The van der Waals surface area contributed by atoms with Crippen LogP contribution in [0.15, 0.2) is 35.2 Å². The minimum atomic E-state index is -3.50. The maximum Gasteiger partial charge on any atom is 0.240 e. The quantitative estimate of drug-likeness (QED) is 0.854. The van der Waals surface area contributed by atoms with Crippen LogP contribution in [0.1, 0.15) is 20.8 Å². The molecule has 1 aromatic carbocycles. The number of nitrogens with zero attached hydrogens (tertiary/aromatic N) is 1. The number of benzene rings is 1. The first kappa shape index (κ1) is 15.7. The average molecular weight is 284 g/mol. The maximum atomic E-state index is 11.9. The van der Waals surface area contributed by atoms with E-state index >= 15 is 0 Å². The molecule has 1 amide bonds. The Labute approximate surface area is 114 Å². The molecule has 0 aromatic heterocycles. The summed E-state index contributed by atoms with van der Waals surface area (Å²) in [4.78, 5) is 13.2. The van der Waals surface area contributed by atoms with Crippen molar-refractivity contribution in [2.24, 2.45) is 0 Å². The molecule has 1 rings (SSSR count). The molecular formula is C13H20N2O3S. The van der Waals surface area contributed by atoms with Crippen LogP contribution in [0.25, 0.3) is 0 Å². The van der Waals surface area contributed by atoms with Gasteiger partial charge < -0.3 is 4.90 Å². The van der Waals surface area contributed by atoms with Crippen LogP contribution in [0, 0.1) is 0 Å². The fraction of sp³-hybridized carbons (Fsp3) is 0.462. The standard InChI is InChI=1S/C13H20N2O3S/c1-11(2)15(12(3)16)10-9-14-19(17,18)13-7-5-4-6-8-13/h4-8,11,14H,9-10H2,1-3H3. The number of hydrogen-bond acceptors (Lipinski definition) is 3. The summed E-state index contributed by atoms with van der Waals surface area (Å²) in [5.74, 6) is -0.0612. The number of amides is 1. The van der Waals surface area contributed by atoms with E-state index in [1.165, 1.54) is 19.1 Å². The van der Waals surface area contributed by atoms with Crippen molar-refractivity contribution >= 4 is 15.9 Å². The molecule has 1 N–H and O–H groups in total. The second kappa shape index (κ2) is 6.68. The monoisotopic (exact) mass is 284 g/mol. The molecule has 0 heterocycles. The van der Waals surface area contributed by atoms with E-state index in [1.807, 2.05) is 13.8 Å². The van der Waals surface area contributed by atoms with E-state index in [0.29, 0.717) is 6.54 Å². The topological polar surface area (TPSA) is 66.5 Å². The van der Waals surface area contributed by atoms with E-state index in [0.717, 1.165) is 0 Å². The van der Waals surface area contributed by atoms with Gasteiger partial charge in [0.25, 0.3) is 0 Å². The zero-order chi connectivity index (χ0) is 14.5. The average Bonchev–Trinajstić information content (AvgIpc) is 2.34. The van der Waals surface area contributed by atoms with Gasteiger partial charge in [-0.3, -0.25) is 4.79 Å². The van der Waals surface area contributed by atoms with E-state index in [4.69, 9.17) is 0 Å². The maximum absolute atomic E-state index is 11.9. The summed E-state index contributed by atoms with van der Waals surface area (Å²) < 4.78 is 26.4. The molecular weight excluding hydrogens is 264 g/mol. The molecule has 5 nitrogen and oxygen atoms in total. The molecule has 19 heavy (non-hydrogen) atoms. The third kappa shape index (κ3) is 4.65. The Kier molecular flexibility index (Phi) is 5.50. The zero-order valence-corrected chi connectivity index (χ0v) is 12.3. The molecule has 1 aromatic rings. The van der Waals surface area contributed by atoms with Crippen LogP contribution in [0.4, 0.5) is 0 Å². The summed E-state index contributed by atoms with van der Waals surface area (Å²) >= 11 is 0. The van der Waals surface area contributed by atoms with E-state index in [2.05, 4.69) is 4.72 Å². The second-order valence-electron chi connectivity index (χ2n) is 4.52. The molecule has 0 radical (unpaired) electrons. The summed E-state index contributed by atoms with van der Waals surface area (Å²) in [6.45, 7) is 5.83. The fourth-order valence-corrected chi connectivity index (χ4v) is 2.80. The van der Waals surface area contributed by atoms with Crippen LogP contribution < -0.4 is 4.72 Å². The largest absolute Gasteiger partial charge is 0.339 e. The highest BCUT2D eigenvalue weighted by atomic mass is 32.2. The van der Waals surface area contributed by atoms with Gasteiger partial charge in [0, 0.05) is 26.1 Å². The Balaban J connectivity index is 2.60. The van der Waals surface area contributed by atoms with E-state index in [-0.39, 0.29) is 23.4 Å².